The fourth-order valence-corrected chi connectivity index (χ4v) is 7.21. The number of imide groups is 1. The van der Waals surface area contributed by atoms with Gasteiger partial charge in [-0.1, -0.05) is 23.9 Å². The molecule has 0 atom stereocenters. The molecule has 2 saturated heterocycles. The van der Waals surface area contributed by atoms with Gasteiger partial charge in [0, 0.05) is 69.3 Å². The molecule has 0 N–H and O–H groups in total. The zero-order valence-electron chi connectivity index (χ0n) is 28.1. The number of hydrogen-bond donors (Lipinski definition) is 0. The molecule has 0 radical (unpaired) electrons. The standard InChI is InChI=1S/C37H42N6O6/c1-3-41-32-20-27(49-24-35(45)40-16-14-39(15-17-40)22-30-33(44)11-8-25(2)38-30)9-10-31(32)42(21-26-12-18-48-19-13-26)34(41)23-43-36(46)28-6-4-5-7-29(28)37(43)47/h4-11,20,26H,3,12-19,21-24H2,1-2H3. The first-order chi connectivity index (χ1) is 23.8. The molecule has 2 aromatic carbocycles. The summed E-state index contributed by atoms with van der Waals surface area (Å²) in [6.07, 6.45) is 1.89. The number of benzene rings is 2. The summed E-state index contributed by atoms with van der Waals surface area (Å²) in [5.74, 6) is 1.13. The third-order valence-corrected chi connectivity index (χ3v) is 9.96. The Kier molecular flexibility index (Phi) is 9.33. The van der Waals surface area contributed by atoms with Crippen molar-refractivity contribution < 1.29 is 33.5 Å². The van der Waals surface area contributed by atoms with Crippen molar-refractivity contribution in [1.29, 1.82) is 0 Å². The van der Waals surface area contributed by atoms with Crippen molar-refractivity contribution >= 4 is 28.8 Å². The molecule has 4 aromatic rings. The van der Waals surface area contributed by atoms with Gasteiger partial charge < -0.3 is 19.5 Å². The predicted octanol–water partition coefficient (Wildman–Crippen LogP) is 2.67. The van der Waals surface area contributed by atoms with Crippen LogP contribution in [0.4, 0.5) is 0 Å². The fraction of sp³-hybridized carbons (Fsp3) is 0.432. The van der Waals surface area contributed by atoms with Crippen LogP contribution in [-0.2, 0) is 35.7 Å². The zero-order valence-corrected chi connectivity index (χ0v) is 28.1. The van der Waals surface area contributed by atoms with Gasteiger partial charge in [-0.05, 0) is 57.0 Å². The number of carbonyl (C=O) groups excluding carboxylic acids is 3. The minimum absolute atomic E-state index is 0.0616. The van der Waals surface area contributed by atoms with Crippen LogP contribution in [0.2, 0.25) is 0 Å². The number of amides is 3. The van der Waals surface area contributed by atoms with Gasteiger partial charge in [0.15, 0.2) is 17.6 Å². The zero-order chi connectivity index (χ0) is 34.1. The van der Waals surface area contributed by atoms with Crippen molar-refractivity contribution in [3.8, 4) is 11.5 Å². The SMILES string of the molecule is CCn1c(CN2C(=O)c3ccccc3C2=O)[n+](CC2CCOCC2)c2ccc(OCC(=O)N3CCN(Cc4nc(C)ccc4[O-])CC3)cc21. The van der Waals surface area contributed by atoms with E-state index in [1.807, 2.05) is 32.0 Å². The number of hydrogen-bond acceptors (Lipinski definition) is 8. The Morgan fingerprint density at radius 3 is 2.39 bits per heavy atom. The molecule has 3 aliphatic heterocycles. The third kappa shape index (κ3) is 6.62. The van der Waals surface area contributed by atoms with E-state index in [-0.39, 0.29) is 36.6 Å². The lowest BCUT2D eigenvalue weighted by Gasteiger charge is -2.35. The van der Waals surface area contributed by atoms with Crippen molar-refractivity contribution in [1.82, 2.24) is 24.3 Å². The second-order valence-corrected chi connectivity index (χ2v) is 13.1. The summed E-state index contributed by atoms with van der Waals surface area (Å²) in [5, 5.41) is 12.2. The van der Waals surface area contributed by atoms with E-state index in [0.717, 1.165) is 55.2 Å². The summed E-state index contributed by atoms with van der Waals surface area (Å²) in [6.45, 7) is 9.66. The van der Waals surface area contributed by atoms with Crippen molar-refractivity contribution in [3.63, 3.8) is 0 Å². The topological polar surface area (TPSA) is 124 Å². The van der Waals surface area contributed by atoms with Crippen molar-refractivity contribution in [2.75, 3.05) is 46.0 Å². The highest BCUT2D eigenvalue weighted by Gasteiger charge is 2.39. The molecule has 7 rings (SSSR count). The van der Waals surface area contributed by atoms with E-state index >= 15 is 0 Å². The Morgan fingerprint density at radius 2 is 1.69 bits per heavy atom. The van der Waals surface area contributed by atoms with E-state index in [1.54, 1.807) is 41.3 Å². The van der Waals surface area contributed by atoms with Crippen LogP contribution in [0.15, 0.2) is 54.6 Å². The van der Waals surface area contributed by atoms with Gasteiger partial charge in [0.05, 0.1) is 24.2 Å². The van der Waals surface area contributed by atoms with Crippen LogP contribution in [0.1, 0.15) is 57.7 Å². The maximum Gasteiger partial charge on any atom is 0.277 e. The summed E-state index contributed by atoms with van der Waals surface area (Å²) in [5.41, 5.74) is 4.13. The van der Waals surface area contributed by atoms with Crippen LogP contribution < -0.4 is 14.4 Å². The van der Waals surface area contributed by atoms with Gasteiger partial charge in [0.1, 0.15) is 12.3 Å². The Morgan fingerprint density at radius 1 is 0.980 bits per heavy atom. The molecule has 12 heteroatoms. The lowest BCUT2D eigenvalue weighted by atomic mass is 10.0. The third-order valence-electron chi connectivity index (χ3n) is 9.96. The van der Waals surface area contributed by atoms with Crippen LogP contribution >= 0.6 is 0 Å². The number of rotatable bonds is 10. The van der Waals surface area contributed by atoms with Crippen molar-refractivity contribution in [3.05, 3.63) is 82.9 Å². The molecule has 0 saturated carbocycles. The molecule has 0 spiro atoms. The summed E-state index contributed by atoms with van der Waals surface area (Å²) in [6, 6.07) is 16.1. The number of ether oxygens (including phenoxy) is 2. The largest absolute Gasteiger partial charge is 0.871 e. The molecule has 5 heterocycles. The van der Waals surface area contributed by atoms with Crippen LogP contribution in [-0.4, -0.2) is 88.0 Å². The second kappa shape index (κ2) is 14.0. The molecular formula is C37H42N6O6. The van der Waals surface area contributed by atoms with Crippen LogP contribution in [0, 0.1) is 12.8 Å². The molecule has 49 heavy (non-hydrogen) atoms. The van der Waals surface area contributed by atoms with Crippen LogP contribution in [0.5, 0.6) is 11.5 Å². The van der Waals surface area contributed by atoms with E-state index in [1.165, 1.54) is 4.90 Å². The highest BCUT2D eigenvalue weighted by atomic mass is 16.5. The summed E-state index contributed by atoms with van der Waals surface area (Å²) < 4.78 is 16.1. The number of imidazole rings is 1. The molecule has 0 unspecified atom stereocenters. The fourth-order valence-electron chi connectivity index (χ4n) is 7.21. The number of carbonyl (C=O) groups is 3. The van der Waals surface area contributed by atoms with E-state index in [2.05, 4.69) is 19.0 Å². The van der Waals surface area contributed by atoms with E-state index in [9.17, 15) is 19.5 Å². The van der Waals surface area contributed by atoms with Gasteiger partial charge >= 0.3 is 0 Å². The van der Waals surface area contributed by atoms with Gasteiger partial charge in [-0.3, -0.25) is 29.2 Å². The predicted molar refractivity (Wildman–Crippen MR) is 178 cm³/mol. The number of aromatic nitrogens is 3. The first kappa shape index (κ1) is 32.7. The quantitative estimate of drug-likeness (QED) is 0.187. The van der Waals surface area contributed by atoms with E-state index in [0.29, 0.717) is 67.8 Å². The monoisotopic (exact) mass is 666 g/mol. The molecule has 12 nitrogen and oxygen atoms in total. The Labute approximate surface area is 285 Å². The van der Waals surface area contributed by atoms with Crippen LogP contribution in [0.3, 0.4) is 0 Å². The molecule has 3 amide bonds. The number of piperazine rings is 1. The maximum atomic E-state index is 13.4. The maximum absolute atomic E-state index is 13.4. The first-order valence-electron chi connectivity index (χ1n) is 17.1. The number of pyridine rings is 1. The summed E-state index contributed by atoms with van der Waals surface area (Å²) in [7, 11) is 0. The molecule has 0 bridgehead atoms. The van der Waals surface area contributed by atoms with Crippen molar-refractivity contribution in [2.24, 2.45) is 5.92 Å². The van der Waals surface area contributed by atoms with E-state index < -0.39 is 0 Å². The van der Waals surface area contributed by atoms with Gasteiger partial charge in [0.2, 0.25) is 0 Å². The first-order valence-corrected chi connectivity index (χ1v) is 17.1. The average molecular weight is 667 g/mol. The molecular weight excluding hydrogens is 624 g/mol. The Hall–Kier alpha value is -4.81. The van der Waals surface area contributed by atoms with Crippen LogP contribution in [0.25, 0.3) is 11.0 Å². The smallest absolute Gasteiger partial charge is 0.277 e. The Balaban J connectivity index is 1.07. The summed E-state index contributed by atoms with van der Waals surface area (Å²) >= 11 is 0. The Bertz CT molecular complexity index is 1860. The van der Waals surface area contributed by atoms with E-state index in [4.69, 9.17) is 9.47 Å². The number of aryl methyl sites for hydroxylation is 2. The number of nitrogens with zero attached hydrogens (tertiary/aromatic N) is 6. The van der Waals surface area contributed by atoms with Gasteiger partial charge in [-0.25, -0.2) is 9.13 Å². The molecule has 2 fully saturated rings. The normalized spacial score (nSPS) is 17.3. The molecule has 0 aliphatic carbocycles. The highest BCUT2D eigenvalue weighted by molar-refractivity contribution is 6.21. The van der Waals surface area contributed by atoms with Crippen molar-refractivity contribution in [2.45, 2.75) is 52.9 Å². The highest BCUT2D eigenvalue weighted by Crippen LogP contribution is 2.28. The second-order valence-electron chi connectivity index (χ2n) is 13.1. The van der Waals surface area contributed by atoms with Gasteiger partial charge in [0.25, 0.3) is 23.5 Å². The molecule has 2 aromatic heterocycles. The lowest BCUT2D eigenvalue weighted by Crippen LogP contribution is -2.49. The molecule has 256 valence electrons. The van der Waals surface area contributed by atoms with Gasteiger partial charge in [-0.2, -0.15) is 0 Å². The minimum Gasteiger partial charge on any atom is -0.871 e. The van der Waals surface area contributed by atoms with Gasteiger partial charge in [-0.15, -0.1) is 0 Å². The molecule has 3 aliphatic rings. The summed E-state index contributed by atoms with van der Waals surface area (Å²) in [4.78, 5) is 49.6. The average Bonchev–Trinajstić information content (AvgIpc) is 3.54. The lowest BCUT2D eigenvalue weighted by molar-refractivity contribution is -0.687. The minimum atomic E-state index is -0.281. The number of fused-ring (bicyclic) bond motifs is 2.